The number of rotatable bonds is 4. The predicted octanol–water partition coefficient (Wildman–Crippen LogP) is 3.40. The minimum atomic E-state index is -0.261. The molecule has 0 spiro atoms. The van der Waals surface area contributed by atoms with Crippen LogP contribution in [0, 0.1) is 0 Å². The number of nitrogens with zero attached hydrogens (tertiary/aromatic N) is 1. The molecule has 18 heavy (non-hydrogen) atoms. The summed E-state index contributed by atoms with van der Waals surface area (Å²) in [5, 5.41) is 3.49. The normalized spacial score (nSPS) is 17.1. The van der Waals surface area contributed by atoms with Crippen LogP contribution in [0.1, 0.15) is 29.8 Å². The largest absolute Gasteiger partial charge is 0.349 e. The van der Waals surface area contributed by atoms with Crippen molar-refractivity contribution in [3.63, 3.8) is 0 Å². The third-order valence-corrected chi connectivity index (χ3v) is 5.23. The Labute approximate surface area is 121 Å². The van der Waals surface area contributed by atoms with Gasteiger partial charge in [-0.05, 0) is 31.2 Å². The number of pyridine rings is 1. The van der Waals surface area contributed by atoms with Crippen LogP contribution in [0.5, 0.6) is 0 Å². The van der Waals surface area contributed by atoms with Crippen LogP contribution in [-0.2, 0) is 0 Å². The van der Waals surface area contributed by atoms with Gasteiger partial charge < -0.3 is 5.32 Å². The van der Waals surface area contributed by atoms with Gasteiger partial charge in [0.2, 0.25) is 0 Å². The Kier molecular flexibility index (Phi) is 4.41. The van der Waals surface area contributed by atoms with Gasteiger partial charge in [0.25, 0.3) is 5.91 Å². The summed E-state index contributed by atoms with van der Waals surface area (Å²) < 4.78 is 0.195. The second-order valence-corrected chi connectivity index (χ2v) is 6.46. The molecule has 2 rings (SSSR count). The Hall–Kier alpha value is -0.450. The topological polar surface area (TPSA) is 42.0 Å². The van der Waals surface area contributed by atoms with Crippen molar-refractivity contribution < 1.29 is 4.79 Å². The van der Waals surface area contributed by atoms with Gasteiger partial charge in [-0.3, -0.25) is 4.79 Å². The smallest absolute Gasteiger partial charge is 0.271 e. The first-order chi connectivity index (χ1) is 8.56. The second kappa shape index (κ2) is 5.68. The van der Waals surface area contributed by atoms with Gasteiger partial charge in [0.15, 0.2) is 0 Å². The summed E-state index contributed by atoms with van der Waals surface area (Å²) >= 11 is 13.5. The number of hydrogen-bond acceptors (Lipinski definition) is 3. The molecule has 1 fully saturated rings. The van der Waals surface area contributed by atoms with E-state index in [0.717, 1.165) is 12.8 Å². The van der Waals surface area contributed by atoms with Crippen LogP contribution in [0.15, 0.2) is 12.1 Å². The molecule has 0 atom stereocenters. The highest BCUT2D eigenvalue weighted by molar-refractivity contribution is 8.00. The van der Waals surface area contributed by atoms with E-state index in [1.807, 2.05) is 11.8 Å². The summed E-state index contributed by atoms with van der Waals surface area (Å²) in [4.78, 5) is 16.0. The van der Waals surface area contributed by atoms with Gasteiger partial charge in [0.1, 0.15) is 10.8 Å². The molecule has 3 nitrogen and oxygen atoms in total. The molecule has 1 aliphatic carbocycles. The highest BCUT2D eigenvalue weighted by atomic mass is 35.5. The van der Waals surface area contributed by atoms with E-state index in [0.29, 0.717) is 11.6 Å². The third kappa shape index (κ3) is 2.92. The fraction of sp³-hybridized carbons (Fsp3) is 0.500. The van der Waals surface area contributed by atoms with Gasteiger partial charge in [-0.2, -0.15) is 11.8 Å². The molecule has 0 bridgehead atoms. The van der Waals surface area contributed by atoms with E-state index in [9.17, 15) is 4.79 Å². The number of nitrogens with one attached hydrogen (secondary N) is 1. The maximum Gasteiger partial charge on any atom is 0.271 e. The van der Waals surface area contributed by atoms with E-state index >= 15 is 0 Å². The Morgan fingerprint density at radius 2 is 2.22 bits per heavy atom. The highest BCUT2D eigenvalue weighted by Gasteiger charge is 2.36. The molecule has 1 aromatic heterocycles. The average molecular weight is 305 g/mol. The van der Waals surface area contributed by atoms with E-state index in [1.54, 1.807) is 12.1 Å². The van der Waals surface area contributed by atoms with Gasteiger partial charge in [0.05, 0.1) is 5.02 Å². The molecule has 1 heterocycles. The fourth-order valence-electron chi connectivity index (χ4n) is 1.93. The Balaban J connectivity index is 2.01. The number of thioether (sulfide) groups is 1. The van der Waals surface area contributed by atoms with Crippen LogP contribution in [0.25, 0.3) is 0 Å². The third-order valence-electron chi connectivity index (χ3n) is 3.30. The maximum absolute atomic E-state index is 12.0. The Bertz CT molecular complexity index is 458. The molecule has 1 N–H and O–H groups in total. The standard InChI is InChI=1S/C12H14Cl2N2OS/c1-18-12(5-2-6-12)7-15-11(17)10-8(13)3-4-9(14)16-10/h3-4H,2,5-7H2,1H3,(H,15,17). The molecular formula is C12H14Cl2N2OS. The van der Waals surface area contributed by atoms with Crippen LogP contribution >= 0.6 is 35.0 Å². The lowest BCUT2D eigenvalue weighted by atomic mass is 9.84. The van der Waals surface area contributed by atoms with Crippen molar-refractivity contribution in [2.24, 2.45) is 0 Å². The summed E-state index contributed by atoms with van der Waals surface area (Å²) in [6.07, 6.45) is 5.60. The summed E-state index contributed by atoms with van der Waals surface area (Å²) in [7, 11) is 0. The van der Waals surface area contributed by atoms with Gasteiger partial charge in [-0.25, -0.2) is 4.98 Å². The lowest BCUT2D eigenvalue weighted by Crippen LogP contribution is -2.45. The molecule has 6 heteroatoms. The molecule has 1 aliphatic rings. The first-order valence-electron chi connectivity index (χ1n) is 5.72. The summed E-state index contributed by atoms with van der Waals surface area (Å²) in [6.45, 7) is 0.650. The second-order valence-electron chi connectivity index (χ2n) is 4.39. The summed E-state index contributed by atoms with van der Waals surface area (Å²) in [5.74, 6) is -0.261. The predicted molar refractivity (Wildman–Crippen MR) is 76.7 cm³/mol. The maximum atomic E-state index is 12.0. The molecule has 0 aliphatic heterocycles. The number of carbonyl (C=O) groups excluding carboxylic acids is 1. The van der Waals surface area contributed by atoms with E-state index in [1.165, 1.54) is 6.42 Å². The van der Waals surface area contributed by atoms with Crippen molar-refractivity contribution in [3.05, 3.63) is 28.0 Å². The first-order valence-corrected chi connectivity index (χ1v) is 7.70. The first kappa shape index (κ1) is 14.0. The Morgan fingerprint density at radius 1 is 1.50 bits per heavy atom. The molecule has 98 valence electrons. The molecular weight excluding hydrogens is 291 g/mol. The van der Waals surface area contributed by atoms with Gasteiger partial charge in [-0.1, -0.05) is 29.6 Å². The van der Waals surface area contributed by atoms with Crippen LogP contribution < -0.4 is 5.32 Å². The zero-order valence-corrected chi connectivity index (χ0v) is 12.3. The number of halogens is 2. The number of amides is 1. The van der Waals surface area contributed by atoms with E-state index < -0.39 is 0 Å². The zero-order valence-electron chi connectivity index (χ0n) is 10.0. The summed E-state index contributed by atoms with van der Waals surface area (Å²) in [6, 6.07) is 3.15. The molecule has 0 unspecified atom stereocenters. The van der Waals surface area contributed by atoms with Crippen LogP contribution in [0.2, 0.25) is 10.2 Å². The average Bonchev–Trinajstić information content (AvgIpc) is 2.31. The molecule has 1 aromatic rings. The van der Waals surface area contributed by atoms with Crippen molar-refractivity contribution >= 4 is 40.9 Å². The number of aromatic nitrogens is 1. The quantitative estimate of drug-likeness (QED) is 0.867. The molecule has 0 aromatic carbocycles. The SMILES string of the molecule is CSC1(CNC(=O)c2nc(Cl)ccc2Cl)CCC1. The lowest BCUT2D eigenvalue weighted by Gasteiger charge is -2.40. The molecule has 0 radical (unpaired) electrons. The number of hydrogen-bond donors (Lipinski definition) is 1. The van der Waals surface area contributed by atoms with Crippen molar-refractivity contribution in [2.45, 2.75) is 24.0 Å². The van der Waals surface area contributed by atoms with Crippen LogP contribution in [0.3, 0.4) is 0 Å². The van der Waals surface area contributed by atoms with E-state index in [-0.39, 0.29) is 21.5 Å². The molecule has 1 amide bonds. The van der Waals surface area contributed by atoms with Crippen molar-refractivity contribution in [2.75, 3.05) is 12.8 Å². The van der Waals surface area contributed by atoms with Gasteiger partial charge in [0, 0.05) is 11.3 Å². The summed E-state index contributed by atoms with van der Waals surface area (Å²) in [5.41, 5.74) is 0.194. The molecule has 0 saturated heterocycles. The number of carbonyl (C=O) groups is 1. The molecule has 1 saturated carbocycles. The van der Waals surface area contributed by atoms with Crippen molar-refractivity contribution in [1.82, 2.24) is 10.3 Å². The van der Waals surface area contributed by atoms with E-state index in [4.69, 9.17) is 23.2 Å². The van der Waals surface area contributed by atoms with Crippen molar-refractivity contribution in [3.8, 4) is 0 Å². The minimum Gasteiger partial charge on any atom is -0.349 e. The van der Waals surface area contributed by atoms with Crippen LogP contribution in [-0.4, -0.2) is 28.4 Å². The van der Waals surface area contributed by atoms with Gasteiger partial charge >= 0.3 is 0 Å². The van der Waals surface area contributed by atoms with Crippen molar-refractivity contribution in [1.29, 1.82) is 0 Å². The zero-order chi connectivity index (χ0) is 13.2. The van der Waals surface area contributed by atoms with E-state index in [2.05, 4.69) is 16.6 Å². The lowest BCUT2D eigenvalue weighted by molar-refractivity contribution is 0.0939. The fourth-order valence-corrected chi connectivity index (χ4v) is 3.18. The van der Waals surface area contributed by atoms with Crippen LogP contribution in [0.4, 0.5) is 0 Å². The highest BCUT2D eigenvalue weighted by Crippen LogP contribution is 2.42. The minimum absolute atomic E-state index is 0.194. The van der Waals surface area contributed by atoms with Gasteiger partial charge in [-0.15, -0.1) is 0 Å². The monoisotopic (exact) mass is 304 g/mol. The Morgan fingerprint density at radius 3 is 2.78 bits per heavy atom.